The lowest BCUT2D eigenvalue weighted by Gasteiger charge is -2.23. The molecule has 0 saturated carbocycles. The lowest BCUT2D eigenvalue weighted by atomic mass is 9.84. The molecular weight excluding hydrogens is 206 g/mol. The highest BCUT2D eigenvalue weighted by Crippen LogP contribution is 2.31. The monoisotopic (exact) mass is 233 g/mol. The molecule has 0 radical (unpaired) electrons. The molecule has 17 heavy (non-hydrogen) atoms. The molecule has 1 aliphatic rings. The first kappa shape index (κ1) is 14.1. The fraction of sp³-hybridized carbons (Fsp3) is 0.625. The van der Waals surface area contributed by atoms with Crippen molar-refractivity contribution in [3.63, 3.8) is 0 Å². The van der Waals surface area contributed by atoms with Crippen molar-refractivity contribution in [3.8, 4) is 0 Å². The van der Waals surface area contributed by atoms with E-state index in [1.54, 1.807) is 0 Å². The zero-order valence-corrected chi connectivity index (χ0v) is 12.2. The van der Waals surface area contributed by atoms with Crippen molar-refractivity contribution in [2.45, 2.75) is 54.4 Å². The van der Waals surface area contributed by atoms with E-state index in [1.165, 1.54) is 11.1 Å². The van der Waals surface area contributed by atoms with Crippen molar-refractivity contribution in [2.75, 3.05) is 0 Å². The molecule has 0 fully saturated rings. The van der Waals surface area contributed by atoms with Crippen LogP contribution in [0.15, 0.2) is 35.1 Å². The number of nitrogens with two attached hydrogens (primary N) is 1. The summed E-state index contributed by atoms with van der Waals surface area (Å²) in [4.78, 5) is 0. The molecule has 0 heterocycles. The van der Waals surface area contributed by atoms with Gasteiger partial charge < -0.3 is 5.73 Å². The van der Waals surface area contributed by atoms with Gasteiger partial charge in [0.25, 0.3) is 0 Å². The first-order chi connectivity index (χ1) is 7.55. The highest BCUT2D eigenvalue weighted by Gasteiger charge is 2.16. The Kier molecular flexibility index (Phi) is 3.91. The predicted octanol–water partition coefficient (Wildman–Crippen LogP) is 4.57. The molecule has 0 unspecified atom stereocenters. The van der Waals surface area contributed by atoms with Gasteiger partial charge in [0, 0.05) is 12.1 Å². The summed E-state index contributed by atoms with van der Waals surface area (Å²) in [7, 11) is 0. The van der Waals surface area contributed by atoms with E-state index in [4.69, 9.17) is 5.73 Å². The molecule has 0 amide bonds. The Bertz CT molecular complexity index is 367. The van der Waals surface area contributed by atoms with E-state index >= 15 is 0 Å². The molecule has 1 rings (SSSR count). The van der Waals surface area contributed by atoms with Crippen LogP contribution < -0.4 is 5.73 Å². The fourth-order valence-corrected chi connectivity index (χ4v) is 2.29. The predicted molar refractivity (Wildman–Crippen MR) is 76.6 cm³/mol. The zero-order valence-electron chi connectivity index (χ0n) is 12.2. The SMILES string of the molecule is CC(C)(C)C=C1C=C(N)CC(=CC(C)(C)C)C1. The smallest absolute Gasteiger partial charge is 0.0124 e. The Morgan fingerprint density at radius 3 is 1.94 bits per heavy atom. The molecular formula is C16H27N. The molecule has 96 valence electrons. The van der Waals surface area contributed by atoms with Crippen molar-refractivity contribution in [3.05, 3.63) is 35.1 Å². The molecule has 0 aromatic carbocycles. The van der Waals surface area contributed by atoms with Crippen LogP contribution >= 0.6 is 0 Å². The molecule has 0 aliphatic heterocycles. The largest absolute Gasteiger partial charge is 0.402 e. The van der Waals surface area contributed by atoms with Gasteiger partial charge in [0.05, 0.1) is 0 Å². The molecule has 0 spiro atoms. The molecule has 0 aromatic rings. The molecule has 0 saturated heterocycles. The van der Waals surface area contributed by atoms with E-state index in [-0.39, 0.29) is 10.8 Å². The Morgan fingerprint density at radius 2 is 1.47 bits per heavy atom. The lowest BCUT2D eigenvalue weighted by Crippen LogP contribution is -2.11. The molecule has 1 nitrogen and oxygen atoms in total. The summed E-state index contributed by atoms with van der Waals surface area (Å²) < 4.78 is 0. The van der Waals surface area contributed by atoms with E-state index in [2.05, 4.69) is 59.8 Å². The Morgan fingerprint density at radius 1 is 0.941 bits per heavy atom. The lowest BCUT2D eigenvalue weighted by molar-refractivity contribution is 0.532. The third-order valence-corrected chi connectivity index (χ3v) is 2.49. The number of allylic oxidation sites excluding steroid dienone is 5. The second kappa shape index (κ2) is 4.72. The molecule has 0 atom stereocenters. The molecule has 2 N–H and O–H groups in total. The van der Waals surface area contributed by atoms with Crippen LogP contribution in [0.1, 0.15) is 54.4 Å². The van der Waals surface area contributed by atoms with Crippen molar-refractivity contribution in [1.82, 2.24) is 0 Å². The average Bonchev–Trinajstić information content (AvgIpc) is 1.93. The van der Waals surface area contributed by atoms with Crippen LogP contribution in [0, 0.1) is 10.8 Å². The summed E-state index contributed by atoms with van der Waals surface area (Å²) in [5.41, 5.74) is 10.3. The Labute approximate surface area is 106 Å². The van der Waals surface area contributed by atoms with Gasteiger partial charge in [-0.15, -0.1) is 0 Å². The van der Waals surface area contributed by atoms with Gasteiger partial charge in [-0.2, -0.15) is 0 Å². The first-order valence-corrected chi connectivity index (χ1v) is 6.43. The van der Waals surface area contributed by atoms with Gasteiger partial charge in [-0.1, -0.05) is 59.3 Å². The van der Waals surface area contributed by atoms with E-state index in [0.717, 1.165) is 18.5 Å². The summed E-state index contributed by atoms with van der Waals surface area (Å²) in [5.74, 6) is 0. The van der Waals surface area contributed by atoms with Gasteiger partial charge in [0.15, 0.2) is 0 Å². The van der Waals surface area contributed by atoms with Crippen LogP contribution in [0.25, 0.3) is 0 Å². The second-order valence-corrected chi connectivity index (χ2v) is 7.33. The van der Waals surface area contributed by atoms with Crippen LogP contribution in [0.5, 0.6) is 0 Å². The van der Waals surface area contributed by atoms with Crippen LogP contribution in [0.3, 0.4) is 0 Å². The van der Waals surface area contributed by atoms with Crippen LogP contribution in [-0.4, -0.2) is 0 Å². The summed E-state index contributed by atoms with van der Waals surface area (Å²) in [6.07, 6.45) is 8.82. The maximum atomic E-state index is 6.03. The minimum Gasteiger partial charge on any atom is -0.402 e. The van der Waals surface area contributed by atoms with Gasteiger partial charge in [0.2, 0.25) is 0 Å². The van der Waals surface area contributed by atoms with Crippen molar-refractivity contribution < 1.29 is 0 Å². The van der Waals surface area contributed by atoms with E-state index in [1.807, 2.05) is 0 Å². The topological polar surface area (TPSA) is 26.0 Å². The van der Waals surface area contributed by atoms with Crippen LogP contribution in [-0.2, 0) is 0 Å². The van der Waals surface area contributed by atoms with Crippen LogP contribution in [0.2, 0.25) is 0 Å². The standard InChI is InChI=1S/C16H27N/c1-15(2,3)10-12-7-13(9-14(17)8-12)11-16(4,5)6/h8,10-11H,7,9,17H2,1-6H3. The first-order valence-electron chi connectivity index (χ1n) is 6.43. The van der Waals surface area contributed by atoms with Gasteiger partial charge in [-0.3, -0.25) is 0 Å². The van der Waals surface area contributed by atoms with E-state index < -0.39 is 0 Å². The van der Waals surface area contributed by atoms with Crippen LogP contribution in [0.4, 0.5) is 0 Å². The molecule has 1 heteroatoms. The summed E-state index contributed by atoms with van der Waals surface area (Å²) in [6.45, 7) is 13.4. The number of rotatable bonds is 0. The summed E-state index contributed by atoms with van der Waals surface area (Å²) in [6, 6.07) is 0. The quantitative estimate of drug-likeness (QED) is 0.609. The fourth-order valence-electron chi connectivity index (χ4n) is 2.29. The zero-order chi connectivity index (χ0) is 13.3. The van der Waals surface area contributed by atoms with Crippen molar-refractivity contribution in [2.24, 2.45) is 16.6 Å². The minimum absolute atomic E-state index is 0.219. The van der Waals surface area contributed by atoms with Gasteiger partial charge in [-0.25, -0.2) is 0 Å². The van der Waals surface area contributed by atoms with Gasteiger partial charge in [-0.05, 0) is 28.9 Å². The third-order valence-electron chi connectivity index (χ3n) is 2.49. The second-order valence-electron chi connectivity index (χ2n) is 7.33. The Balaban J connectivity index is 2.97. The van der Waals surface area contributed by atoms with Gasteiger partial charge >= 0.3 is 0 Å². The number of hydrogen-bond donors (Lipinski definition) is 1. The van der Waals surface area contributed by atoms with Gasteiger partial charge in [0.1, 0.15) is 0 Å². The third kappa shape index (κ3) is 5.76. The average molecular weight is 233 g/mol. The van der Waals surface area contributed by atoms with Crippen molar-refractivity contribution >= 4 is 0 Å². The summed E-state index contributed by atoms with van der Waals surface area (Å²) >= 11 is 0. The van der Waals surface area contributed by atoms with Crippen molar-refractivity contribution in [1.29, 1.82) is 0 Å². The van der Waals surface area contributed by atoms with E-state index in [9.17, 15) is 0 Å². The highest BCUT2D eigenvalue weighted by atomic mass is 14.6. The summed E-state index contributed by atoms with van der Waals surface area (Å²) in [5, 5.41) is 0. The van der Waals surface area contributed by atoms with E-state index in [0.29, 0.717) is 0 Å². The normalized spacial score (nSPS) is 23.1. The Hall–Kier alpha value is -0.980. The molecule has 0 bridgehead atoms. The molecule has 0 aromatic heterocycles. The molecule has 1 aliphatic carbocycles. The minimum atomic E-state index is 0.219. The highest BCUT2D eigenvalue weighted by molar-refractivity contribution is 5.36. The maximum absolute atomic E-state index is 6.03. The maximum Gasteiger partial charge on any atom is 0.0124 e. The number of hydrogen-bond acceptors (Lipinski definition) is 1.